The summed E-state index contributed by atoms with van der Waals surface area (Å²) in [5.74, 6) is 1.35. The highest BCUT2D eigenvalue weighted by Crippen LogP contribution is 2.65. The van der Waals surface area contributed by atoms with Crippen molar-refractivity contribution in [1.29, 1.82) is 0 Å². The molecule has 3 fully saturated rings. The Morgan fingerprint density at radius 3 is 2.36 bits per heavy atom. The largest absolute Gasteiger partial charge is 0.467 e. The number of hydrogen-bond acceptors (Lipinski definition) is 5. The predicted octanol–water partition coefficient (Wildman–Crippen LogP) is 5.54. The number of likely N-dealkylation sites (tertiary alicyclic amines) is 1. The van der Waals surface area contributed by atoms with Crippen LogP contribution in [0.4, 0.5) is 4.79 Å². The van der Waals surface area contributed by atoms with Crippen molar-refractivity contribution in [2.45, 2.75) is 116 Å². The monoisotopic (exact) mass is 561 g/mol. The number of carbonyl (C=O) groups excluding carboxylic acids is 3. The lowest BCUT2D eigenvalue weighted by molar-refractivity contribution is -0.153. The van der Waals surface area contributed by atoms with E-state index in [-0.39, 0.29) is 45.4 Å². The molecule has 1 heterocycles. The fourth-order valence-corrected chi connectivity index (χ4v) is 8.83. The van der Waals surface area contributed by atoms with Gasteiger partial charge in [0.1, 0.15) is 12.1 Å². The van der Waals surface area contributed by atoms with Gasteiger partial charge in [0.2, 0.25) is 5.91 Å². The van der Waals surface area contributed by atoms with Crippen LogP contribution >= 0.6 is 11.8 Å². The maximum Gasteiger partial charge on any atom is 0.328 e. The van der Waals surface area contributed by atoms with Crippen molar-refractivity contribution in [2.75, 3.05) is 19.4 Å². The van der Waals surface area contributed by atoms with Gasteiger partial charge in [0, 0.05) is 23.0 Å². The molecular weight excluding hydrogens is 510 g/mol. The van der Waals surface area contributed by atoms with E-state index in [4.69, 9.17) is 4.74 Å². The number of carbonyl (C=O) groups is 3. The molecule has 2 N–H and O–H groups in total. The Balaban J connectivity index is 1.57. The smallest absolute Gasteiger partial charge is 0.328 e. The number of urea groups is 1. The van der Waals surface area contributed by atoms with E-state index < -0.39 is 12.1 Å². The maximum atomic E-state index is 14.2. The van der Waals surface area contributed by atoms with E-state index in [9.17, 15) is 14.4 Å². The molecule has 4 aliphatic rings. The molecule has 3 aliphatic carbocycles. The van der Waals surface area contributed by atoms with Crippen LogP contribution in [0.15, 0.2) is 11.6 Å². The molecule has 0 bridgehead atoms. The highest BCUT2D eigenvalue weighted by atomic mass is 32.2. The lowest BCUT2D eigenvalue weighted by Crippen LogP contribution is -2.65. The average molecular weight is 562 g/mol. The molecule has 0 aromatic heterocycles. The van der Waals surface area contributed by atoms with E-state index in [1.165, 1.54) is 13.5 Å². The van der Waals surface area contributed by atoms with Crippen molar-refractivity contribution in [3.63, 3.8) is 0 Å². The number of esters is 1. The van der Waals surface area contributed by atoms with Gasteiger partial charge < -0.3 is 20.3 Å². The van der Waals surface area contributed by atoms with Gasteiger partial charge >= 0.3 is 12.0 Å². The summed E-state index contributed by atoms with van der Waals surface area (Å²) < 4.78 is 5.24. The van der Waals surface area contributed by atoms with Crippen molar-refractivity contribution in [3.05, 3.63) is 11.6 Å². The van der Waals surface area contributed by atoms with Crippen molar-refractivity contribution < 1.29 is 19.1 Å². The fraction of sp³-hybridized carbons (Fsp3) is 0.839. The molecule has 2 saturated carbocycles. The molecule has 8 heteroatoms. The second-order valence-corrected chi connectivity index (χ2v) is 15.9. The number of allylic oxidation sites excluding steroid dienone is 1. The van der Waals surface area contributed by atoms with Crippen LogP contribution in [0.3, 0.4) is 0 Å². The van der Waals surface area contributed by atoms with Gasteiger partial charge in [-0.2, -0.15) is 11.8 Å². The second kappa shape index (κ2) is 11.3. The van der Waals surface area contributed by atoms with Gasteiger partial charge in [-0.1, -0.05) is 61.0 Å². The molecule has 7 atom stereocenters. The number of rotatable bonds is 7. The Morgan fingerprint density at radius 1 is 1.13 bits per heavy atom. The van der Waals surface area contributed by atoms with Gasteiger partial charge in [-0.05, 0) is 67.3 Å². The van der Waals surface area contributed by atoms with E-state index >= 15 is 0 Å². The van der Waals surface area contributed by atoms with E-state index in [1.807, 2.05) is 11.8 Å². The second-order valence-electron chi connectivity index (χ2n) is 14.1. The first-order valence-electron chi connectivity index (χ1n) is 15.0. The van der Waals surface area contributed by atoms with Crippen molar-refractivity contribution in [3.8, 4) is 0 Å². The summed E-state index contributed by atoms with van der Waals surface area (Å²) in [4.78, 5) is 42.6. The molecule has 1 unspecified atom stereocenters. The third-order valence-corrected chi connectivity index (χ3v) is 11.8. The summed E-state index contributed by atoms with van der Waals surface area (Å²) in [6.45, 7) is 16.0. The number of nitrogens with zero attached hydrogens (tertiary/aromatic N) is 1. The number of nitrogens with one attached hydrogen (secondary N) is 2. The summed E-state index contributed by atoms with van der Waals surface area (Å²) in [7, 11) is 1.39. The van der Waals surface area contributed by atoms with Crippen LogP contribution in [0, 0.1) is 29.1 Å². The number of piperidine rings is 1. The zero-order chi connectivity index (χ0) is 28.8. The molecule has 3 amide bonds. The third-order valence-electron chi connectivity index (χ3n) is 10.3. The standard InChI is InChI=1S/C31H51N3O4S/c1-19-13-12-14-20(2)31(19,18-39-29(3,4)5)33-28(37)32-24(21-15-10-9-11-16-21)26(35)34-17-22-23(30(22,6)7)25(34)27(36)38-8/h15,19-20,22-25H,9-14,16-18H2,1-8H3,(H2,32,33,37)/t19-,20+,22-,23-,24-,25-,31?/m0/s1. The number of thioether (sulfide) groups is 1. The van der Waals surface area contributed by atoms with Gasteiger partial charge in [-0.3, -0.25) is 4.79 Å². The Hall–Kier alpha value is -1.70. The van der Waals surface area contributed by atoms with Crippen LogP contribution in [-0.2, 0) is 14.3 Å². The third kappa shape index (κ3) is 6.01. The Bertz CT molecular complexity index is 977. The predicted molar refractivity (Wildman–Crippen MR) is 157 cm³/mol. The minimum atomic E-state index is -0.764. The van der Waals surface area contributed by atoms with E-state index in [0.717, 1.165) is 49.9 Å². The zero-order valence-electron chi connectivity index (χ0n) is 25.4. The number of ether oxygens (including phenoxy) is 1. The van der Waals surface area contributed by atoms with Gasteiger partial charge in [0.25, 0.3) is 0 Å². The quantitative estimate of drug-likeness (QED) is 0.315. The zero-order valence-corrected chi connectivity index (χ0v) is 26.2. The Labute approximate surface area is 240 Å². The van der Waals surface area contributed by atoms with Crippen LogP contribution in [0.2, 0.25) is 0 Å². The Kier molecular flexibility index (Phi) is 8.76. The molecule has 0 aromatic rings. The molecule has 7 nitrogen and oxygen atoms in total. The molecule has 39 heavy (non-hydrogen) atoms. The number of fused-ring (bicyclic) bond motifs is 1. The summed E-state index contributed by atoms with van der Waals surface area (Å²) in [6.07, 6.45) is 9.22. The van der Waals surface area contributed by atoms with E-state index in [0.29, 0.717) is 18.4 Å². The van der Waals surface area contributed by atoms with Crippen molar-refractivity contribution in [2.24, 2.45) is 29.1 Å². The normalized spacial score (nSPS) is 34.4. The van der Waals surface area contributed by atoms with E-state index in [1.54, 1.807) is 4.90 Å². The lowest BCUT2D eigenvalue weighted by Gasteiger charge is -2.49. The fourth-order valence-electron chi connectivity index (χ4n) is 7.52. The SMILES string of the molecule is COC(=O)[C@@H]1[C@@H]2[C@H](CN1C(=O)[C@@H](NC(=O)NC1(CSC(C)(C)C)[C@H](C)CCC[C@@H]1C)C1=CCCCC1)C2(C)C. The van der Waals surface area contributed by atoms with Gasteiger partial charge in [0.05, 0.1) is 12.6 Å². The van der Waals surface area contributed by atoms with Crippen LogP contribution in [0.1, 0.15) is 93.4 Å². The van der Waals surface area contributed by atoms with E-state index in [2.05, 4.69) is 65.2 Å². The highest BCUT2D eigenvalue weighted by molar-refractivity contribution is 8.00. The Morgan fingerprint density at radius 2 is 1.79 bits per heavy atom. The highest BCUT2D eigenvalue weighted by Gasteiger charge is 2.70. The molecule has 4 rings (SSSR count). The molecule has 1 aliphatic heterocycles. The van der Waals surface area contributed by atoms with Crippen molar-refractivity contribution >= 4 is 29.7 Å². The van der Waals surface area contributed by atoms with Crippen LogP contribution < -0.4 is 10.6 Å². The van der Waals surface area contributed by atoms with Crippen LogP contribution in [0.5, 0.6) is 0 Å². The summed E-state index contributed by atoms with van der Waals surface area (Å²) in [5, 5.41) is 6.57. The van der Waals surface area contributed by atoms with Crippen LogP contribution in [0.25, 0.3) is 0 Å². The first-order chi connectivity index (χ1) is 18.2. The summed E-state index contributed by atoms with van der Waals surface area (Å²) in [5.41, 5.74) is 0.639. The average Bonchev–Trinajstić information content (AvgIpc) is 3.20. The molecule has 0 radical (unpaired) electrons. The molecule has 220 valence electrons. The topological polar surface area (TPSA) is 87.7 Å². The molecule has 0 aromatic carbocycles. The number of amides is 3. The first kappa shape index (κ1) is 30.3. The van der Waals surface area contributed by atoms with Crippen molar-refractivity contribution in [1.82, 2.24) is 15.5 Å². The maximum absolute atomic E-state index is 14.2. The van der Waals surface area contributed by atoms with Crippen LogP contribution in [-0.4, -0.2) is 64.6 Å². The molecule has 0 spiro atoms. The lowest BCUT2D eigenvalue weighted by atomic mass is 9.68. The summed E-state index contributed by atoms with van der Waals surface area (Å²) >= 11 is 1.89. The van der Waals surface area contributed by atoms with Gasteiger partial charge in [-0.15, -0.1) is 0 Å². The summed E-state index contributed by atoms with van der Waals surface area (Å²) in [6, 6.07) is -1.64. The number of hydrogen-bond donors (Lipinski definition) is 2. The first-order valence-corrected chi connectivity index (χ1v) is 16.0. The minimum absolute atomic E-state index is 0.0183. The minimum Gasteiger partial charge on any atom is -0.467 e. The molecular formula is C31H51N3O4S. The van der Waals surface area contributed by atoms with Gasteiger partial charge in [0.15, 0.2) is 0 Å². The molecule has 1 saturated heterocycles. The van der Waals surface area contributed by atoms with Gasteiger partial charge in [-0.25, -0.2) is 9.59 Å². The number of methoxy groups -OCH3 is 1.